The van der Waals surface area contributed by atoms with Crippen molar-refractivity contribution in [2.75, 3.05) is 17.2 Å². The quantitative estimate of drug-likeness (QED) is 0.493. The highest BCUT2D eigenvalue weighted by molar-refractivity contribution is 7.99. The third-order valence-electron chi connectivity index (χ3n) is 3.70. The number of amides is 1. The van der Waals surface area contributed by atoms with Gasteiger partial charge in [-0.15, -0.1) is 10.2 Å². The van der Waals surface area contributed by atoms with Crippen LogP contribution in [0.2, 0.25) is 0 Å². The monoisotopic (exact) mass is 364 g/mol. The van der Waals surface area contributed by atoms with Crippen LogP contribution in [-0.2, 0) is 11.8 Å². The lowest BCUT2D eigenvalue weighted by Gasteiger charge is -2.19. The van der Waals surface area contributed by atoms with Crippen LogP contribution in [-0.4, -0.2) is 38.0 Å². The van der Waals surface area contributed by atoms with E-state index in [0.29, 0.717) is 16.7 Å². The molecule has 2 aromatic heterocycles. The first-order valence-corrected chi connectivity index (χ1v) is 8.84. The second kappa shape index (κ2) is 8.27. The SMILES string of the molecule is Cn1c(SCC(=O)N(CC#N)c2ccccc2)nnc1-c1ccncc1. The average molecular weight is 364 g/mol. The summed E-state index contributed by atoms with van der Waals surface area (Å²) in [6, 6.07) is 14.9. The molecular formula is C18H16N6OS. The summed E-state index contributed by atoms with van der Waals surface area (Å²) in [5.74, 6) is 0.717. The number of para-hydroxylation sites is 1. The van der Waals surface area contributed by atoms with E-state index in [2.05, 4.69) is 15.2 Å². The Morgan fingerprint density at radius 2 is 1.92 bits per heavy atom. The zero-order valence-electron chi connectivity index (χ0n) is 14.1. The Morgan fingerprint density at radius 1 is 1.19 bits per heavy atom. The molecule has 0 fully saturated rings. The molecule has 0 aliphatic rings. The molecule has 0 saturated carbocycles. The molecule has 8 heteroatoms. The Morgan fingerprint density at radius 3 is 2.62 bits per heavy atom. The van der Waals surface area contributed by atoms with Crippen LogP contribution >= 0.6 is 11.8 Å². The van der Waals surface area contributed by atoms with Gasteiger partial charge in [0.25, 0.3) is 0 Å². The normalized spacial score (nSPS) is 10.3. The van der Waals surface area contributed by atoms with Crippen molar-refractivity contribution in [3.8, 4) is 17.5 Å². The van der Waals surface area contributed by atoms with Gasteiger partial charge in [-0.2, -0.15) is 5.26 Å². The molecule has 0 atom stereocenters. The zero-order chi connectivity index (χ0) is 18.4. The molecule has 0 aliphatic carbocycles. The molecule has 3 aromatic rings. The summed E-state index contributed by atoms with van der Waals surface area (Å²) in [5.41, 5.74) is 1.61. The molecule has 0 spiro atoms. The van der Waals surface area contributed by atoms with Crippen molar-refractivity contribution in [3.63, 3.8) is 0 Å². The van der Waals surface area contributed by atoms with Crippen molar-refractivity contribution in [3.05, 3.63) is 54.9 Å². The smallest absolute Gasteiger partial charge is 0.238 e. The van der Waals surface area contributed by atoms with E-state index in [4.69, 9.17) is 5.26 Å². The Labute approximate surface area is 155 Å². The highest BCUT2D eigenvalue weighted by Crippen LogP contribution is 2.23. The maximum atomic E-state index is 12.6. The number of rotatable bonds is 6. The van der Waals surface area contributed by atoms with Gasteiger partial charge in [-0.1, -0.05) is 30.0 Å². The van der Waals surface area contributed by atoms with Gasteiger partial charge in [0.2, 0.25) is 5.91 Å². The van der Waals surface area contributed by atoms with E-state index >= 15 is 0 Å². The molecule has 0 unspecified atom stereocenters. The summed E-state index contributed by atoms with van der Waals surface area (Å²) >= 11 is 1.29. The van der Waals surface area contributed by atoms with Crippen molar-refractivity contribution in [1.82, 2.24) is 19.7 Å². The van der Waals surface area contributed by atoms with Crippen LogP contribution < -0.4 is 4.90 Å². The number of thioether (sulfide) groups is 1. The zero-order valence-corrected chi connectivity index (χ0v) is 14.9. The van der Waals surface area contributed by atoms with Crippen LogP contribution in [0.15, 0.2) is 60.0 Å². The van der Waals surface area contributed by atoms with Crippen LogP contribution in [0, 0.1) is 11.3 Å². The van der Waals surface area contributed by atoms with Crippen molar-refractivity contribution in [1.29, 1.82) is 5.26 Å². The number of carbonyl (C=O) groups is 1. The lowest BCUT2D eigenvalue weighted by Crippen LogP contribution is -2.32. The maximum absolute atomic E-state index is 12.6. The fourth-order valence-corrected chi connectivity index (χ4v) is 3.19. The fraction of sp³-hybridized carbons (Fsp3) is 0.167. The molecule has 1 amide bonds. The molecule has 1 aromatic carbocycles. The van der Waals surface area contributed by atoms with E-state index in [1.54, 1.807) is 12.4 Å². The molecule has 7 nitrogen and oxygen atoms in total. The number of benzene rings is 1. The number of hydrogen-bond acceptors (Lipinski definition) is 6. The summed E-state index contributed by atoms with van der Waals surface area (Å²) < 4.78 is 1.84. The molecule has 0 saturated heterocycles. The third kappa shape index (κ3) is 3.90. The number of pyridine rings is 1. The van der Waals surface area contributed by atoms with Crippen molar-refractivity contribution >= 4 is 23.4 Å². The highest BCUT2D eigenvalue weighted by Gasteiger charge is 2.18. The Hall–Kier alpha value is -3.18. The largest absolute Gasteiger partial charge is 0.305 e. The number of aromatic nitrogens is 4. The summed E-state index contributed by atoms with van der Waals surface area (Å²) in [6.45, 7) is 0.00445. The molecule has 130 valence electrons. The van der Waals surface area contributed by atoms with Gasteiger partial charge in [0.1, 0.15) is 6.54 Å². The van der Waals surface area contributed by atoms with E-state index in [1.807, 2.05) is 60.1 Å². The molecule has 0 bridgehead atoms. The second-order valence-electron chi connectivity index (χ2n) is 5.36. The van der Waals surface area contributed by atoms with Crippen LogP contribution in [0.5, 0.6) is 0 Å². The molecule has 26 heavy (non-hydrogen) atoms. The van der Waals surface area contributed by atoms with E-state index in [9.17, 15) is 4.79 Å². The maximum Gasteiger partial charge on any atom is 0.238 e. The number of nitrogens with zero attached hydrogens (tertiary/aromatic N) is 6. The Balaban J connectivity index is 1.71. The van der Waals surface area contributed by atoms with E-state index < -0.39 is 0 Å². The average Bonchev–Trinajstić information content (AvgIpc) is 3.06. The van der Waals surface area contributed by atoms with Crippen LogP contribution in [0.1, 0.15) is 0 Å². The second-order valence-corrected chi connectivity index (χ2v) is 6.31. The predicted molar refractivity (Wildman–Crippen MR) is 99.4 cm³/mol. The van der Waals surface area contributed by atoms with Gasteiger partial charge in [-0.25, -0.2) is 0 Å². The first-order chi connectivity index (χ1) is 12.7. The first-order valence-electron chi connectivity index (χ1n) is 7.85. The Bertz CT molecular complexity index is 920. The van der Waals surface area contributed by atoms with E-state index in [1.165, 1.54) is 16.7 Å². The minimum Gasteiger partial charge on any atom is -0.305 e. The standard InChI is InChI=1S/C18H16N6OS/c1-23-17(14-7-10-20-11-8-14)21-22-18(23)26-13-16(25)24(12-9-19)15-5-3-2-4-6-15/h2-8,10-11H,12-13H2,1H3. The lowest BCUT2D eigenvalue weighted by atomic mass is 10.2. The number of carbonyl (C=O) groups excluding carboxylic acids is 1. The van der Waals surface area contributed by atoms with Gasteiger partial charge >= 0.3 is 0 Å². The third-order valence-corrected chi connectivity index (χ3v) is 4.70. The molecule has 0 aliphatic heterocycles. The van der Waals surface area contributed by atoms with Crippen LogP contribution in [0.4, 0.5) is 5.69 Å². The number of hydrogen-bond donors (Lipinski definition) is 0. The molecular weight excluding hydrogens is 348 g/mol. The van der Waals surface area contributed by atoms with Crippen molar-refractivity contribution in [2.45, 2.75) is 5.16 Å². The van der Waals surface area contributed by atoms with E-state index in [-0.39, 0.29) is 18.2 Å². The van der Waals surface area contributed by atoms with Gasteiger partial charge in [-0.3, -0.25) is 14.7 Å². The van der Waals surface area contributed by atoms with Gasteiger partial charge in [0.15, 0.2) is 11.0 Å². The van der Waals surface area contributed by atoms with Crippen molar-refractivity contribution < 1.29 is 4.79 Å². The Kier molecular flexibility index (Phi) is 5.61. The minimum atomic E-state index is -0.156. The number of nitriles is 1. The predicted octanol–water partition coefficient (Wildman–Crippen LogP) is 2.53. The van der Waals surface area contributed by atoms with Gasteiger partial charge in [-0.05, 0) is 24.3 Å². The topological polar surface area (TPSA) is 87.7 Å². The summed E-state index contributed by atoms with van der Waals surface area (Å²) in [6.07, 6.45) is 3.39. The van der Waals surface area contributed by atoms with Gasteiger partial charge in [0, 0.05) is 30.7 Å². The summed E-state index contributed by atoms with van der Waals surface area (Å²) in [7, 11) is 1.85. The lowest BCUT2D eigenvalue weighted by molar-refractivity contribution is -0.116. The minimum absolute atomic E-state index is 0.00445. The summed E-state index contributed by atoms with van der Waals surface area (Å²) in [5, 5.41) is 18.0. The summed E-state index contributed by atoms with van der Waals surface area (Å²) in [4.78, 5) is 18.0. The van der Waals surface area contributed by atoms with Crippen molar-refractivity contribution in [2.24, 2.45) is 7.05 Å². The number of anilines is 1. The van der Waals surface area contributed by atoms with Gasteiger partial charge in [0.05, 0.1) is 11.8 Å². The molecule has 0 radical (unpaired) electrons. The van der Waals surface area contributed by atoms with E-state index in [0.717, 1.165) is 5.56 Å². The fourth-order valence-electron chi connectivity index (χ4n) is 2.40. The van der Waals surface area contributed by atoms with Gasteiger partial charge < -0.3 is 4.57 Å². The van der Waals surface area contributed by atoms with Crippen LogP contribution in [0.3, 0.4) is 0 Å². The van der Waals surface area contributed by atoms with Crippen LogP contribution in [0.25, 0.3) is 11.4 Å². The molecule has 0 N–H and O–H groups in total. The molecule has 3 rings (SSSR count). The highest BCUT2D eigenvalue weighted by atomic mass is 32.2. The molecule has 2 heterocycles. The first kappa shape index (κ1) is 17.6.